The highest BCUT2D eigenvalue weighted by Crippen LogP contribution is 2.20. The lowest BCUT2D eigenvalue weighted by Crippen LogP contribution is -2.31. The number of aromatic nitrogens is 1. The van der Waals surface area contributed by atoms with E-state index >= 15 is 0 Å². The molecule has 1 heterocycles. The van der Waals surface area contributed by atoms with E-state index in [1.54, 1.807) is 11.1 Å². The summed E-state index contributed by atoms with van der Waals surface area (Å²) in [6, 6.07) is 11.8. The average molecular weight is 311 g/mol. The number of hydrogen-bond acceptors (Lipinski definition) is 3. The first kappa shape index (κ1) is 17.0. The number of pyridine rings is 1. The van der Waals surface area contributed by atoms with E-state index in [2.05, 4.69) is 23.7 Å². The van der Waals surface area contributed by atoms with Crippen molar-refractivity contribution in [1.82, 2.24) is 4.98 Å². The molecule has 0 fully saturated rings. The van der Waals surface area contributed by atoms with Gasteiger partial charge in [-0.25, -0.2) is 0 Å². The summed E-state index contributed by atoms with van der Waals surface area (Å²) in [6.07, 6.45) is 1.71. The third-order valence-electron chi connectivity index (χ3n) is 3.97. The summed E-state index contributed by atoms with van der Waals surface area (Å²) in [6.45, 7) is 10.6. The van der Waals surface area contributed by atoms with Crippen LogP contribution in [0.25, 0.3) is 0 Å². The van der Waals surface area contributed by atoms with Crippen LogP contribution in [-0.4, -0.2) is 30.5 Å². The first-order valence-corrected chi connectivity index (χ1v) is 8.20. The van der Waals surface area contributed by atoms with Gasteiger partial charge in [-0.15, -0.1) is 0 Å². The quantitative estimate of drug-likeness (QED) is 0.811. The lowest BCUT2D eigenvalue weighted by atomic mass is 10.2. The first-order valence-electron chi connectivity index (χ1n) is 8.20. The van der Waals surface area contributed by atoms with Crippen molar-refractivity contribution in [3.05, 3.63) is 53.9 Å². The van der Waals surface area contributed by atoms with Gasteiger partial charge < -0.3 is 9.80 Å². The average Bonchev–Trinajstić information content (AvgIpc) is 2.57. The molecule has 2 rings (SSSR count). The van der Waals surface area contributed by atoms with Crippen LogP contribution in [0.15, 0.2) is 42.6 Å². The topological polar surface area (TPSA) is 36.4 Å². The van der Waals surface area contributed by atoms with Gasteiger partial charge in [0.25, 0.3) is 5.91 Å². The molecule has 1 amide bonds. The normalized spacial score (nSPS) is 10.4. The highest BCUT2D eigenvalue weighted by Gasteiger charge is 2.18. The maximum absolute atomic E-state index is 12.9. The lowest BCUT2D eigenvalue weighted by Gasteiger charge is -2.23. The molecule has 122 valence electrons. The maximum atomic E-state index is 12.9. The van der Waals surface area contributed by atoms with Gasteiger partial charge in [0.2, 0.25) is 0 Å². The second-order valence-corrected chi connectivity index (χ2v) is 5.46. The summed E-state index contributed by atoms with van der Waals surface area (Å²) in [5.74, 6) is -0.0629. The van der Waals surface area contributed by atoms with Crippen molar-refractivity contribution < 1.29 is 4.79 Å². The second-order valence-electron chi connectivity index (χ2n) is 5.46. The van der Waals surface area contributed by atoms with Crippen molar-refractivity contribution in [2.75, 3.05) is 29.4 Å². The van der Waals surface area contributed by atoms with E-state index in [4.69, 9.17) is 0 Å². The fourth-order valence-corrected chi connectivity index (χ4v) is 2.70. The molecule has 0 aliphatic heterocycles. The summed E-state index contributed by atoms with van der Waals surface area (Å²) in [5, 5.41) is 0. The Morgan fingerprint density at radius 2 is 1.74 bits per heavy atom. The number of hydrogen-bond donors (Lipinski definition) is 0. The zero-order valence-corrected chi connectivity index (χ0v) is 14.4. The molecule has 0 aliphatic carbocycles. The smallest absolute Gasteiger partial charge is 0.276 e. The third-order valence-corrected chi connectivity index (χ3v) is 3.97. The number of nitrogens with zero attached hydrogens (tertiary/aromatic N) is 3. The summed E-state index contributed by atoms with van der Waals surface area (Å²) in [7, 11) is 0. The van der Waals surface area contributed by atoms with Gasteiger partial charge in [0.1, 0.15) is 5.69 Å². The zero-order valence-electron chi connectivity index (χ0n) is 14.4. The molecule has 2 aromatic rings. The molecule has 0 N–H and O–H groups in total. The molecule has 0 saturated heterocycles. The molecule has 0 saturated carbocycles. The fourth-order valence-electron chi connectivity index (χ4n) is 2.70. The van der Waals surface area contributed by atoms with Gasteiger partial charge in [0.05, 0.1) is 0 Å². The minimum Gasteiger partial charge on any atom is -0.372 e. The van der Waals surface area contributed by atoms with Crippen LogP contribution in [0.2, 0.25) is 0 Å². The van der Waals surface area contributed by atoms with Crippen LogP contribution in [0.5, 0.6) is 0 Å². The van der Waals surface area contributed by atoms with Gasteiger partial charge in [-0.05, 0) is 57.5 Å². The largest absolute Gasteiger partial charge is 0.372 e. The Kier molecular flexibility index (Phi) is 5.74. The first-order chi connectivity index (χ1) is 11.1. The van der Waals surface area contributed by atoms with E-state index in [1.807, 2.05) is 50.2 Å². The van der Waals surface area contributed by atoms with Crippen molar-refractivity contribution in [3.8, 4) is 0 Å². The molecule has 0 atom stereocenters. The predicted octanol–water partition coefficient (Wildman–Crippen LogP) is 3.90. The Morgan fingerprint density at radius 3 is 2.35 bits per heavy atom. The minimum absolute atomic E-state index is 0.0629. The third kappa shape index (κ3) is 3.89. The molecule has 1 aromatic carbocycles. The van der Waals surface area contributed by atoms with Crippen LogP contribution in [0.1, 0.15) is 36.8 Å². The Balaban J connectivity index is 2.33. The van der Waals surface area contributed by atoms with Crippen LogP contribution in [0.4, 0.5) is 11.4 Å². The molecular weight excluding hydrogens is 286 g/mol. The molecule has 4 heteroatoms. The number of anilines is 2. The fraction of sp³-hybridized carbons (Fsp3) is 0.368. The van der Waals surface area contributed by atoms with E-state index in [1.165, 1.54) is 0 Å². The van der Waals surface area contributed by atoms with E-state index < -0.39 is 0 Å². The molecule has 0 radical (unpaired) electrons. The molecular formula is C19H25N3O. The Labute approximate surface area is 138 Å². The second kappa shape index (κ2) is 7.77. The van der Waals surface area contributed by atoms with Crippen LogP contribution in [0.3, 0.4) is 0 Å². The highest BCUT2D eigenvalue weighted by atomic mass is 16.2. The monoisotopic (exact) mass is 311 g/mol. The molecule has 23 heavy (non-hydrogen) atoms. The molecule has 0 aliphatic rings. The SMILES string of the molecule is CCN(CC)c1ccnc(C(=O)N(CC)c2cccc(C)c2)c1. The molecule has 4 nitrogen and oxygen atoms in total. The molecule has 0 bridgehead atoms. The highest BCUT2D eigenvalue weighted by molar-refractivity contribution is 6.05. The Morgan fingerprint density at radius 1 is 1.00 bits per heavy atom. The maximum Gasteiger partial charge on any atom is 0.276 e. The molecule has 0 unspecified atom stereocenters. The number of rotatable bonds is 6. The van der Waals surface area contributed by atoms with Gasteiger partial charge in [0, 0.05) is 37.2 Å². The number of benzene rings is 1. The van der Waals surface area contributed by atoms with Crippen molar-refractivity contribution in [2.24, 2.45) is 0 Å². The number of carbonyl (C=O) groups excluding carboxylic acids is 1. The van der Waals surface area contributed by atoms with Gasteiger partial charge in [-0.1, -0.05) is 12.1 Å². The predicted molar refractivity (Wildman–Crippen MR) is 96.3 cm³/mol. The standard InChI is InChI=1S/C19H25N3O/c1-5-21(6-2)16-11-12-20-18(14-16)19(23)22(7-3)17-10-8-9-15(4)13-17/h8-14H,5-7H2,1-4H3. The van der Waals surface area contributed by atoms with Crippen LogP contribution < -0.4 is 9.80 Å². The minimum atomic E-state index is -0.0629. The summed E-state index contributed by atoms with van der Waals surface area (Å²) in [5.41, 5.74) is 3.57. The van der Waals surface area contributed by atoms with E-state index in [-0.39, 0.29) is 5.91 Å². The number of carbonyl (C=O) groups is 1. The van der Waals surface area contributed by atoms with Gasteiger partial charge >= 0.3 is 0 Å². The van der Waals surface area contributed by atoms with Crippen molar-refractivity contribution in [3.63, 3.8) is 0 Å². The van der Waals surface area contributed by atoms with Crippen molar-refractivity contribution in [1.29, 1.82) is 0 Å². The summed E-state index contributed by atoms with van der Waals surface area (Å²) < 4.78 is 0. The van der Waals surface area contributed by atoms with Gasteiger partial charge in [-0.3, -0.25) is 9.78 Å². The Hall–Kier alpha value is -2.36. The van der Waals surface area contributed by atoms with E-state index in [0.717, 1.165) is 30.0 Å². The number of aryl methyl sites for hydroxylation is 1. The summed E-state index contributed by atoms with van der Waals surface area (Å²) in [4.78, 5) is 21.1. The van der Waals surface area contributed by atoms with Crippen LogP contribution >= 0.6 is 0 Å². The van der Waals surface area contributed by atoms with Gasteiger partial charge in [-0.2, -0.15) is 0 Å². The van der Waals surface area contributed by atoms with E-state index in [9.17, 15) is 4.79 Å². The van der Waals surface area contributed by atoms with Crippen molar-refractivity contribution in [2.45, 2.75) is 27.7 Å². The van der Waals surface area contributed by atoms with Gasteiger partial charge in [0.15, 0.2) is 0 Å². The molecule has 0 spiro atoms. The lowest BCUT2D eigenvalue weighted by molar-refractivity contribution is 0.0983. The van der Waals surface area contributed by atoms with Crippen LogP contribution in [0, 0.1) is 6.92 Å². The van der Waals surface area contributed by atoms with E-state index in [0.29, 0.717) is 12.2 Å². The van der Waals surface area contributed by atoms with Crippen LogP contribution in [-0.2, 0) is 0 Å². The zero-order chi connectivity index (χ0) is 16.8. The summed E-state index contributed by atoms with van der Waals surface area (Å²) >= 11 is 0. The molecule has 1 aromatic heterocycles. The van der Waals surface area contributed by atoms with Crippen molar-refractivity contribution >= 4 is 17.3 Å². The number of amides is 1. The Bertz CT molecular complexity index is 665.